The topological polar surface area (TPSA) is 34.2 Å². The molecule has 0 bridgehead atoms. The lowest BCUT2D eigenvalue weighted by Crippen LogP contribution is -2.25. The SMILES string of the molecule is CCN(CC)c1ccc(N2OC(CCCC3OCCCO3)C=C2c2c(Cl)cccc2Cl)cc1. The van der Waals surface area contributed by atoms with Crippen LogP contribution in [0.4, 0.5) is 11.4 Å². The molecule has 33 heavy (non-hydrogen) atoms. The molecule has 178 valence electrons. The Bertz CT molecular complexity index is 921. The van der Waals surface area contributed by atoms with Gasteiger partial charge in [-0.2, -0.15) is 0 Å². The molecule has 1 fully saturated rings. The Labute approximate surface area is 206 Å². The highest BCUT2D eigenvalue weighted by atomic mass is 35.5. The van der Waals surface area contributed by atoms with Gasteiger partial charge in [0.15, 0.2) is 6.29 Å². The van der Waals surface area contributed by atoms with E-state index in [1.165, 1.54) is 5.69 Å². The van der Waals surface area contributed by atoms with Crippen molar-refractivity contribution in [2.24, 2.45) is 0 Å². The fourth-order valence-corrected chi connectivity index (χ4v) is 4.90. The van der Waals surface area contributed by atoms with Crippen LogP contribution in [0.5, 0.6) is 0 Å². The van der Waals surface area contributed by atoms with Crippen LogP contribution in [0.25, 0.3) is 5.70 Å². The van der Waals surface area contributed by atoms with Gasteiger partial charge in [-0.05, 0) is 82.0 Å². The molecule has 2 aromatic carbocycles. The Morgan fingerprint density at radius 1 is 0.939 bits per heavy atom. The zero-order valence-corrected chi connectivity index (χ0v) is 20.8. The van der Waals surface area contributed by atoms with Crippen molar-refractivity contribution in [1.82, 2.24) is 0 Å². The lowest BCUT2D eigenvalue weighted by molar-refractivity contribution is -0.182. The molecule has 5 nitrogen and oxygen atoms in total. The van der Waals surface area contributed by atoms with Crippen LogP contribution in [-0.4, -0.2) is 38.7 Å². The first-order chi connectivity index (χ1) is 16.1. The number of halogens is 2. The van der Waals surface area contributed by atoms with Crippen LogP contribution >= 0.6 is 23.2 Å². The van der Waals surface area contributed by atoms with E-state index in [9.17, 15) is 0 Å². The molecule has 4 rings (SSSR count). The van der Waals surface area contributed by atoms with Crippen molar-refractivity contribution < 1.29 is 14.3 Å². The van der Waals surface area contributed by atoms with E-state index < -0.39 is 0 Å². The second-order valence-corrected chi connectivity index (χ2v) is 9.05. The van der Waals surface area contributed by atoms with E-state index in [1.54, 1.807) is 0 Å². The predicted octanol–water partition coefficient (Wildman–Crippen LogP) is 6.93. The average Bonchev–Trinajstić information content (AvgIpc) is 3.24. The summed E-state index contributed by atoms with van der Waals surface area (Å²) >= 11 is 13.1. The highest BCUT2D eigenvalue weighted by molar-refractivity contribution is 6.37. The summed E-state index contributed by atoms with van der Waals surface area (Å²) in [6, 6.07) is 14.0. The minimum atomic E-state index is -0.106. The molecule has 0 aromatic heterocycles. The summed E-state index contributed by atoms with van der Waals surface area (Å²) < 4.78 is 11.4. The molecule has 1 saturated heterocycles. The maximum atomic E-state index is 6.57. The first kappa shape index (κ1) is 24.4. The average molecular weight is 491 g/mol. The van der Waals surface area contributed by atoms with Crippen LogP contribution in [-0.2, 0) is 14.3 Å². The summed E-state index contributed by atoms with van der Waals surface area (Å²) in [7, 11) is 0. The second kappa shape index (κ2) is 11.6. The van der Waals surface area contributed by atoms with E-state index in [1.807, 2.05) is 23.3 Å². The van der Waals surface area contributed by atoms with Crippen molar-refractivity contribution in [1.29, 1.82) is 0 Å². The number of hydroxylamine groups is 1. The van der Waals surface area contributed by atoms with Gasteiger partial charge in [-0.15, -0.1) is 0 Å². The molecule has 0 N–H and O–H groups in total. The van der Waals surface area contributed by atoms with Crippen molar-refractivity contribution >= 4 is 40.3 Å². The fraction of sp³-hybridized carbons (Fsp3) is 0.462. The highest BCUT2D eigenvalue weighted by Crippen LogP contribution is 2.40. The first-order valence-corrected chi connectivity index (χ1v) is 12.6. The van der Waals surface area contributed by atoms with Crippen molar-refractivity contribution in [3.05, 3.63) is 64.1 Å². The number of hydrogen-bond donors (Lipinski definition) is 0. The molecular formula is C26H32Cl2N2O3. The van der Waals surface area contributed by atoms with Gasteiger partial charge in [0, 0.05) is 24.3 Å². The zero-order valence-electron chi connectivity index (χ0n) is 19.3. The zero-order chi connectivity index (χ0) is 23.2. The molecular weight excluding hydrogens is 459 g/mol. The lowest BCUT2D eigenvalue weighted by Gasteiger charge is -2.26. The number of rotatable bonds is 9. The van der Waals surface area contributed by atoms with E-state index in [0.717, 1.165) is 68.9 Å². The van der Waals surface area contributed by atoms with Gasteiger partial charge >= 0.3 is 0 Å². The predicted molar refractivity (Wildman–Crippen MR) is 136 cm³/mol. The lowest BCUT2D eigenvalue weighted by atomic mass is 10.1. The van der Waals surface area contributed by atoms with E-state index in [0.29, 0.717) is 10.0 Å². The summed E-state index contributed by atoms with van der Waals surface area (Å²) in [5, 5.41) is 3.07. The Morgan fingerprint density at radius 3 is 2.24 bits per heavy atom. The number of nitrogens with zero attached hydrogens (tertiary/aromatic N) is 2. The van der Waals surface area contributed by atoms with Gasteiger partial charge in [0.2, 0.25) is 0 Å². The second-order valence-electron chi connectivity index (χ2n) is 8.23. The van der Waals surface area contributed by atoms with Gasteiger partial charge < -0.3 is 14.4 Å². The van der Waals surface area contributed by atoms with Crippen molar-refractivity contribution in [2.75, 3.05) is 36.3 Å². The largest absolute Gasteiger partial charge is 0.372 e. The third kappa shape index (κ3) is 5.84. The van der Waals surface area contributed by atoms with E-state index in [2.05, 4.69) is 49.1 Å². The molecule has 0 aliphatic carbocycles. The Kier molecular flexibility index (Phi) is 8.55. The van der Waals surface area contributed by atoms with Gasteiger partial charge in [0.1, 0.15) is 6.10 Å². The van der Waals surface area contributed by atoms with Crippen molar-refractivity contribution in [2.45, 2.75) is 51.9 Å². The number of hydrogen-bond acceptors (Lipinski definition) is 5. The quantitative estimate of drug-likeness (QED) is 0.380. The summed E-state index contributed by atoms with van der Waals surface area (Å²) in [6.07, 6.45) is 5.54. The van der Waals surface area contributed by atoms with Crippen LogP contribution < -0.4 is 9.96 Å². The van der Waals surface area contributed by atoms with Gasteiger partial charge in [-0.3, -0.25) is 4.84 Å². The molecule has 0 amide bonds. The molecule has 1 unspecified atom stereocenters. The molecule has 0 spiro atoms. The minimum absolute atomic E-state index is 0.0848. The fourth-order valence-electron chi connectivity index (χ4n) is 4.31. The third-order valence-electron chi connectivity index (χ3n) is 6.06. The van der Waals surface area contributed by atoms with Crippen LogP contribution in [0.1, 0.15) is 45.1 Å². The summed E-state index contributed by atoms with van der Waals surface area (Å²) in [5.41, 5.74) is 3.79. The van der Waals surface area contributed by atoms with Gasteiger partial charge in [-0.1, -0.05) is 29.3 Å². The Hall–Kier alpha value is -1.76. The molecule has 2 aliphatic rings. The van der Waals surface area contributed by atoms with E-state index >= 15 is 0 Å². The molecule has 2 aliphatic heterocycles. The molecule has 7 heteroatoms. The third-order valence-corrected chi connectivity index (χ3v) is 6.69. The van der Waals surface area contributed by atoms with Crippen LogP contribution in [0, 0.1) is 0 Å². The smallest absolute Gasteiger partial charge is 0.157 e. The summed E-state index contributed by atoms with van der Waals surface area (Å²) in [5.74, 6) is 0. The summed E-state index contributed by atoms with van der Waals surface area (Å²) in [4.78, 5) is 8.71. The van der Waals surface area contributed by atoms with Crippen LogP contribution in [0.3, 0.4) is 0 Å². The Morgan fingerprint density at radius 2 is 1.61 bits per heavy atom. The number of benzene rings is 2. The monoisotopic (exact) mass is 490 g/mol. The first-order valence-electron chi connectivity index (χ1n) is 11.8. The Balaban J connectivity index is 1.54. The molecule has 2 aromatic rings. The summed E-state index contributed by atoms with van der Waals surface area (Å²) in [6.45, 7) is 7.80. The van der Waals surface area contributed by atoms with Crippen LogP contribution in [0.2, 0.25) is 10.0 Å². The maximum Gasteiger partial charge on any atom is 0.157 e. The van der Waals surface area contributed by atoms with Crippen molar-refractivity contribution in [3.8, 4) is 0 Å². The van der Waals surface area contributed by atoms with E-state index in [-0.39, 0.29) is 12.4 Å². The van der Waals surface area contributed by atoms with Gasteiger partial charge in [0.25, 0.3) is 0 Å². The van der Waals surface area contributed by atoms with Crippen LogP contribution in [0.15, 0.2) is 48.5 Å². The molecule has 1 atom stereocenters. The van der Waals surface area contributed by atoms with Gasteiger partial charge in [-0.25, -0.2) is 5.06 Å². The molecule has 0 radical (unpaired) electrons. The number of anilines is 2. The number of ether oxygens (including phenoxy) is 2. The standard InChI is InChI=1S/C26H32Cl2N2O3/c1-3-29(4-2)19-12-14-20(15-13-19)30-24(26-22(27)9-6-10-23(26)28)18-21(33-30)8-5-11-25-31-16-7-17-32-25/h6,9-10,12-15,18,21,25H,3-5,7-8,11,16-17H2,1-2H3. The minimum Gasteiger partial charge on any atom is -0.372 e. The van der Waals surface area contributed by atoms with E-state index in [4.69, 9.17) is 37.5 Å². The van der Waals surface area contributed by atoms with Gasteiger partial charge in [0.05, 0.1) is 34.6 Å². The molecule has 0 saturated carbocycles. The highest BCUT2D eigenvalue weighted by Gasteiger charge is 2.30. The maximum absolute atomic E-state index is 6.57. The molecule has 2 heterocycles. The van der Waals surface area contributed by atoms with Crippen molar-refractivity contribution in [3.63, 3.8) is 0 Å². The normalized spacial score (nSPS) is 19.1.